The van der Waals surface area contributed by atoms with Gasteiger partial charge in [-0.1, -0.05) is 17.3 Å². The number of carboxylic acid groups (broad SMARTS) is 1. The largest absolute Gasteiger partial charge is 0.478 e. The number of ether oxygens (including phenoxy) is 4. The molecular weight excluding hydrogens is 611 g/mol. The summed E-state index contributed by atoms with van der Waals surface area (Å²) in [7, 11) is 0. The minimum Gasteiger partial charge on any atom is -0.478 e. The van der Waals surface area contributed by atoms with Gasteiger partial charge in [-0.15, -0.1) is 17.7 Å². The zero-order valence-electron chi connectivity index (χ0n) is 23.6. The van der Waals surface area contributed by atoms with Crippen LogP contribution in [0.5, 0.6) is 0 Å². The second-order valence-electron chi connectivity index (χ2n) is 9.87. The minimum atomic E-state index is -2.01. The summed E-state index contributed by atoms with van der Waals surface area (Å²) in [5, 5.41) is 17.7. The number of benzene rings is 2. The molecule has 1 aliphatic heterocycles. The van der Waals surface area contributed by atoms with E-state index in [4.69, 9.17) is 31.6 Å². The fourth-order valence-electron chi connectivity index (χ4n) is 5.00. The van der Waals surface area contributed by atoms with Gasteiger partial charge in [0, 0.05) is 31.9 Å². The normalized spacial score (nSPS) is 23.1. The van der Waals surface area contributed by atoms with Crippen LogP contribution in [0.25, 0.3) is 11.3 Å². The molecule has 0 saturated carbocycles. The first-order chi connectivity index (χ1) is 20.6. The predicted molar refractivity (Wildman–Crippen MR) is 146 cm³/mol. The molecule has 4 rings (SSSR count). The summed E-state index contributed by atoms with van der Waals surface area (Å²) in [5.41, 5.74) is -0.164. The summed E-state index contributed by atoms with van der Waals surface area (Å²) in [5.74, 6) is -8.32. The van der Waals surface area contributed by atoms with E-state index < -0.39 is 77.2 Å². The average molecular weight is 638 g/mol. The van der Waals surface area contributed by atoms with Crippen LogP contribution in [0.4, 0.5) is 13.2 Å². The average Bonchev–Trinajstić information content (AvgIpc) is 3.41. The molecule has 2 aromatic carbocycles. The molecule has 0 spiro atoms. The molecule has 0 aliphatic carbocycles. The lowest BCUT2D eigenvalue weighted by atomic mass is 9.85. The molecule has 234 valence electrons. The Bertz CT molecular complexity index is 1610. The Morgan fingerprint density at radius 1 is 1.05 bits per heavy atom. The molecule has 1 N–H and O–H groups in total. The van der Waals surface area contributed by atoms with Crippen molar-refractivity contribution in [2.24, 2.45) is 0 Å². The third-order valence-corrected chi connectivity index (χ3v) is 7.42. The Labute approximate surface area is 253 Å². The van der Waals surface area contributed by atoms with Gasteiger partial charge in [0.05, 0.1) is 11.8 Å². The maximum atomic E-state index is 14.0. The number of carboxylic acids is 1. The lowest BCUT2D eigenvalue weighted by molar-refractivity contribution is -0.242. The van der Waals surface area contributed by atoms with Crippen LogP contribution in [0.15, 0.2) is 36.5 Å². The number of aromatic carboxylic acids is 1. The van der Waals surface area contributed by atoms with Crippen molar-refractivity contribution >= 4 is 36.5 Å². The Balaban J connectivity index is 1.97. The molecule has 0 radical (unpaired) electrons. The Kier molecular flexibility index (Phi) is 9.34. The standard InChI is InChI=1S/C28H26F3N3O9S/c1-12-17(27(38)39)6-5-7-18(12)28(44)26(42-15(4)37)24(25(41-14(3)36)22(43-28)11-40-13(2)35)34-10-21(32-33-34)16-8-19(29)23(31)20(30)9-16/h5-10,22,24-26,44H,11H2,1-4H3,(H,38,39)/t22-,24+,25+,26-,28-/m1/s1. The van der Waals surface area contributed by atoms with Gasteiger partial charge in [-0.3, -0.25) is 14.4 Å². The van der Waals surface area contributed by atoms with Crippen molar-refractivity contribution in [1.82, 2.24) is 15.0 Å². The van der Waals surface area contributed by atoms with E-state index in [2.05, 4.69) is 10.3 Å². The van der Waals surface area contributed by atoms with Crippen LogP contribution in [-0.4, -0.2) is 68.9 Å². The van der Waals surface area contributed by atoms with Crippen LogP contribution in [0.1, 0.15) is 48.3 Å². The van der Waals surface area contributed by atoms with Crippen LogP contribution >= 0.6 is 12.6 Å². The van der Waals surface area contributed by atoms with E-state index in [0.29, 0.717) is 12.1 Å². The molecule has 3 aromatic rings. The number of carbonyl (C=O) groups is 4. The number of hydrogen-bond donors (Lipinski definition) is 2. The molecule has 2 heterocycles. The summed E-state index contributed by atoms with van der Waals surface area (Å²) in [6.07, 6.45) is -3.12. The van der Waals surface area contributed by atoms with E-state index in [1.54, 1.807) is 0 Å². The third kappa shape index (κ3) is 6.40. The number of carbonyl (C=O) groups excluding carboxylic acids is 3. The number of esters is 3. The zero-order chi connectivity index (χ0) is 32.5. The number of hydrogen-bond acceptors (Lipinski definition) is 11. The molecular formula is C28H26F3N3O9S. The zero-order valence-corrected chi connectivity index (χ0v) is 24.5. The first-order valence-electron chi connectivity index (χ1n) is 12.9. The Morgan fingerprint density at radius 2 is 1.68 bits per heavy atom. The molecule has 1 aliphatic rings. The van der Waals surface area contributed by atoms with Gasteiger partial charge in [0.1, 0.15) is 24.4 Å². The molecule has 0 bridgehead atoms. The molecule has 1 saturated heterocycles. The van der Waals surface area contributed by atoms with Crippen molar-refractivity contribution in [3.05, 3.63) is 70.7 Å². The summed E-state index contributed by atoms with van der Waals surface area (Å²) in [6.45, 7) is 4.26. The molecule has 0 amide bonds. The molecule has 1 fully saturated rings. The highest BCUT2D eigenvalue weighted by atomic mass is 32.1. The van der Waals surface area contributed by atoms with Gasteiger partial charge in [0.25, 0.3) is 0 Å². The van der Waals surface area contributed by atoms with Gasteiger partial charge >= 0.3 is 23.9 Å². The second-order valence-corrected chi connectivity index (χ2v) is 10.5. The van der Waals surface area contributed by atoms with E-state index in [-0.39, 0.29) is 27.9 Å². The van der Waals surface area contributed by atoms with E-state index in [0.717, 1.165) is 25.5 Å². The Morgan fingerprint density at radius 3 is 2.25 bits per heavy atom. The smallest absolute Gasteiger partial charge is 0.335 e. The van der Waals surface area contributed by atoms with E-state index in [1.165, 1.54) is 31.3 Å². The maximum Gasteiger partial charge on any atom is 0.335 e. The highest BCUT2D eigenvalue weighted by molar-refractivity contribution is 7.81. The van der Waals surface area contributed by atoms with Gasteiger partial charge in [-0.25, -0.2) is 22.6 Å². The SMILES string of the molecule is CC(=O)OC[C@H]1O[C@@](S)(c2cccc(C(=O)O)c2C)[C@H](OC(C)=O)[C@@H](n2cc(-c3cc(F)c(F)c(F)c3)nn2)[C@H]1OC(C)=O. The van der Waals surface area contributed by atoms with Crippen molar-refractivity contribution in [1.29, 1.82) is 0 Å². The van der Waals surface area contributed by atoms with Crippen LogP contribution in [0, 0.1) is 24.4 Å². The van der Waals surface area contributed by atoms with Gasteiger partial charge in [-0.05, 0) is 30.7 Å². The number of nitrogens with zero attached hydrogens (tertiary/aromatic N) is 3. The topological polar surface area (TPSA) is 156 Å². The second kappa shape index (κ2) is 12.7. The fraction of sp³-hybridized carbons (Fsp3) is 0.357. The van der Waals surface area contributed by atoms with Crippen LogP contribution < -0.4 is 0 Å². The first-order valence-corrected chi connectivity index (χ1v) is 13.4. The van der Waals surface area contributed by atoms with Gasteiger partial charge < -0.3 is 24.1 Å². The lowest BCUT2D eigenvalue weighted by Crippen LogP contribution is -2.61. The Hall–Kier alpha value is -4.44. The number of halogens is 3. The van der Waals surface area contributed by atoms with Crippen molar-refractivity contribution in [3.63, 3.8) is 0 Å². The van der Waals surface area contributed by atoms with Gasteiger partial charge in [-0.2, -0.15) is 0 Å². The minimum absolute atomic E-state index is 0.125. The first kappa shape index (κ1) is 32.5. The molecule has 5 atom stereocenters. The van der Waals surface area contributed by atoms with Crippen molar-refractivity contribution in [2.45, 2.75) is 57.0 Å². The van der Waals surface area contributed by atoms with Crippen LogP contribution in [-0.2, 0) is 38.3 Å². The fourth-order valence-corrected chi connectivity index (χ4v) is 5.59. The number of aromatic nitrogens is 3. The molecule has 16 heteroatoms. The summed E-state index contributed by atoms with van der Waals surface area (Å²) in [6, 6.07) is 4.24. The van der Waals surface area contributed by atoms with E-state index in [9.17, 15) is 37.5 Å². The van der Waals surface area contributed by atoms with Crippen LogP contribution in [0.2, 0.25) is 0 Å². The molecule has 1 aromatic heterocycles. The molecule has 0 unspecified atom stereocenters. The number of rotatable bonds is 8. The van der Waals surface area contributed by atoms with E-state index in [1.807, 2.05) is 0 Å². The summed E-state index contributed by atoms with van der Waals surface area (Å²) in [4.78, 5) is 46.5. The third-order valence-electron chi connectivity index (χ3n) is 6.82. The van der Waals surface area contributed by atoms with Crippen molar-refractivity contribution in [3.8, 4) is 11.3 Å². The van der Waals surface area contributed by atoms with Crippen molar-refractivity contribution < 1.29 is 56.4 Å². The lowest BCUT2D eigenvalue weighted by Gasteiger charge is -2.50. The molecule has 12 nitrogen and oxygen atoms in total. The highest BCUT2D eigenvalue weighted by Crippen LogP contribution is 2.49. The van der Waals surface area contributed by atoms with Gasteiger partial charge in [0.2, 0.25) is 0 Å². The summed E-state index contributed by atoms with van der Waals surface area (Å²) < 4.78 is 65.4. The van der Waals surface area contributed by atoms with E-state index >= 15 is 0 Å². The summed E-state index contributed by atoms with van der Waals surface area (Å²) >= 11 is 4.78. The number of thiol groups is 1. The van der Waals surface area contributed by atoms with Gasteiger partial charge in [0.15, 0.2) is 34.6 Å². The predicted octanol–water partition coefficient (Wildman–Crippen LogP) is 3.52. The maximum absolute atomic E-state index is 14.0. The monoisotopic (exact) mass is 637 g/mol. The van der Waals surface area contributed by atoms with Crippen LogP contribution in [0.3, 0.4) is 0 Å². The highest BCUT2D eigenvalue weighted by Gasteiger charge is 2.59. The quantitative estimate of drug-likeness (QED) is 0.161. The molecule has 44 heavy (non-hydrogen) atoms. The van der Waals surface area contributed by atoms with Crippen molar-refractivity contribution in [2.75, 3.05) is 6.61 Å².